The van der Waals surface area contributed by atoms with Crippen molar-refractivity contribution in [2.75, 3.05) is 46.8 Å². The predicted octanol–water partition coefficient (Wildman–Crippen LogP) is 8.75. The molecule has 4 aromatic rings. The molecule has 1 fully saturated rings. The molecule has 0 saturated carbocycles. The van der Waals surface area contributed by atoms with E-state index in [0.29, 0.717) is 64.6 Å². The Morgan fingerprint density at radius 3 is 2.29 bits per heavy atom. The predicted molar refractivity (Wildman–Crippen MR) is 220 cm³/mol. The molecule has 56 heavy (non-hydrogen) atoms. The highest BCUT2D eigenvalue weighted by atomic mass is 35.5. The molecule has 10 heteroatoms. The number of halogens is 3. The first kappa shape index (κ1) is 41.4. The summed E-state index contributed by atoms with van der Waals surface area (Å²) in [4.78, 5) is 0. The number of hydrogen-bond acceptors (Lipinski definition) is 7. The minimum absolute atomic E-state index is 0.124. The molecule has 0 aromatic heterocycles. The minimum Gasteiger partial charge on any atom is -0.492 e. The van der Waals surface area contributed by atoms with E-state index in [0.717, 1.165) is 61.9 Å². The first-order valence-corrected chi connectivity index (χ1v) is 20.1. The van der Waals surface area contributed by atoms with Crippen LogP contribution in [0.25, 0.3) is 0 Å². The van der Waals surface area contributed by atoms with Crippen LogP contribution in [0.4, 0.5) is 4.39 Å². The Morgan fingerprint density at radius 1 is 0.821 bits per heavy atom. The van der Waals surface area contributed by atoms with Gasteiger partial charge >= 0.3 is 0 Å². The fourth-order valence-electron chi connectivity index (χ4n) is 7.53. The van der Waals surface area contributed by atoms with Gasteiger partial charge in [-0.05, 0) is 110 Å². The summed E-state index contributed by atoms with van der Waals surface area (Å²) in [5.74, 6) is 15.2. The molecule has 4 aromatic carbocycles. The molecule has 2 aliphatic heterocycles. The van der Waals surface area contributed by atoms with Crippen LogP contribution in [0.2, 0.25) is 10.0 Å². The van der Waals surface area contributed by atoms with E-state index in [4.69, 9.17) is 47.6 Å². The lowest BCUT2D eigenvalue weighted by Crippen LogP contribution is -2.38. The van der Waals surface area contributed by atoms with Gasteiger partial charge in [-0.25, -0.2) is 4.39 Å². The second kappa shape index (κ2) is 20.8. The summed E-state index contributed by atoms with van der Waals surface area (Å²) in [6.45, 7) is 2.79. The van der Waals surface area contributed by atoms with Gasteiger partial charge in [-0.15, -0.1) is 0 Å². The third kappa shape index (κ3) is 10.8. The number of nitrogens with one attached hydrogen (secondary N) is 2. The van der Waals surface area contributed by atoms with Gasteiger partial charge in [0.05, 0.1) is 22.2 Å². The molecule has 1 saturated heterocycles. The summed E-state index contributed by atoms with van der Waals surface area (Å²) in [6.07, 6.45) is 5.80. The van der Waals surface area contributed by atoms with Crippen LogP contribution < -0.4 is 24.8 Å². The molecule has 4 atom stereocenters. The van der Waals surface area contributed by atoms with Gasteiger partial charge in [-0.2, -0.15) is 0 Å². The summed E-state index contributed by atoms with van der Waals surface area (Å²) in [5, 5.41) is 25.9. The Hall–Kier alpha value is -4.25. The number of fused-ring (bicyclic) bond motifs is 2. The molecule has 2 heterocycles. The van der Waals surface area contributed by atoms with Gasteiger partial charge in [-0.1, -0.05) is 71.1 Å². The minimum atomic E-state index is -0.217. The van der Waals surface area contributed by atoms with Gasteiger partial charge in [0.1, 0.15) is 11.6 Å². The number of benzene rings is 4. The van der Waals surface area contributed by atoms with E-state index in [1.165, 1.54) is 28.8 Å². The van der Waals surface area contributed by atoms with E-state index in [-0.39, 0.29) is 31.7 Å². The zero-order valence-corrected chi connectivity index (χ0v) is 33.2. The number of hydrogen-bond donors (Lipinski definition) is 4. The van der Waals surface area contributed by atoms with E-state index in [2.05, 4.69) is 58.6 Å². The largest absolute Gasteiger partial charge is 0.492 e. The van der Waals surface area contributed by atoms with Crippen LogP contribution in [0.15, 0.2) is 72.8 Å². The van der Waals surface area contributed by atoms with Crippen molar-refractivity contribution >= 4 is 23.2 Å². The lowest BCUT2D eigenvalue weighted by atomic mass is 9.76. The third-order valence-corrected chi connectivity index (χ3v) is 11.2. The van der Waals surface area contributed by atoms with Crippen LogP contribution in [0.1, 0.15) is 96.2 Å². The molecule has 0 bridgehead atoms. The quantitative estimate of drug-likeness (QED) is 0.0943. The average Bonchev–Trinajstić information content (AvgIpc) is 3.69. The zero-order valence-electron chi connectivity index (χ0n) is 31.7. The summed E-state index contributed by atoms with van der Waals surface area (Å²) in [6, 6.07) is 23.2. The van der Waals surface area contributed by atoms with Crippen molar-refractivity contribution in [2.45, 2.75) is 62.8 Å². The second-order valence-electron chi connectivity index (χ2n) is 14.2. The zero-order chi connectivity index (χ0) is 39.3. The molecule has 4 N–H and O–H groups in total. The molecule has 0 amide bonds. The highest BCUT2D eigenvalue weighted by Crippen LogP contribution is 2.43. The molecular formula is C46H49Cl2FN2O5. The van der Waals surface area contributed by atoms with E-state index >= 15 is 0 Å². The highest BCUT2D eigenvalue weighted by Gasteiger charge is 2.29. The SMILES string of the molecule is CN[C@H]1CC[C@@H](c2ccc(Cl)c(Cl)c2)c2ccc(C#CCCCO)cc21.OCCCC#Cc1cc2c(cc1OC[C@@H]1CNCCC1c1ccc(F)cc1)OCO2. The fraction of sp³-hybridized carbons (Fsp3) is 0.391. The Kier molecular flexibility index (Phi) is 15.4. The topological polar surface area (TPSA) is 92.2 Å². The van der Waals surface area contributed by atoms with Crippen LogP contribution in [0.3, 0.4) is 0 Å². The lowest BCUT2D eigenvalue weighted by molar-refractivity contribution is 0.173. The van der Waals surface area contributed by atoms with Crippen molar-refractivity contribution in [3.8, 4) is 40.9 Å². The summed E-state index contributed by atoms with van der Waals surface area (Å²) >= 11 is 12.3. The standard InChI is InChI=1S/C24H26FNO4.C22H23Cl2NO/c25-20-7-5-17(6-8-20)21-9-10-26-14-19(21)15-28-22-13-24-23(29-16-30-24)12-18(22)4-2-1-3-11-27;1-25-22-11-9-17(16-7-10-20(23)21(24)14-16)18-8-6-15(13-19(18)22)5-3-2-4-12-26/h5-8,12-13,19,21,26-27H,1,3,9-11,14-16H2;6-8,10,13-14,17,22,25-26H,2,4,9,11-12H2,1H3/t19-,21?;17-,22-/m00/s1. The number of aliphatic hydroxyl groups excluding tert-OH is 2. The first-order chi connectivity index (χ1) is 27.4. The van der Waals surface area contributed by atoms with Gasteiger partial charge in [0, 0.05) is 68.2 Å². The van der Waals surface area contributed by atoms with Crippen molar-refractivity contribution in [2.24, 2.45) is 5.92 Å². The van der Waals surface area contributed by atoms with Crippen LogP contribution in [0, 0.1) is 35.4 Å². The maximum atomic E-state index is 13.3. The van der Waals surface area contributed by atoms with Crippen LogP contribution in [0.5, 0.6) is 17.2 Å². The number of aliphatic hydroxyl groups is 2. The molecule has 0 radical (unpaired) electrons. The van der Waals surface area contributed by atoms with Crippen molar-refractivity contribution in [1.82, 2.24) is 10.6 Å². The van der Waals surface area contributed by atoms with Gasteiger partial charge in [-0.3, -0.25) is 0 Å². The molecular weight excluding hydrogens is 750 g/mol. The van der Waals surface area contributed by atoms with Crippen molar-refractivity contribution in [1.29, 1.82) is 0 Å². The smallest absolute Gasteiger partial charge is 0.231 e. The Bertz CT molecular complexity index is 2050. The molecule has 1 unspecified atom stereocenters. The molecule has 7 rings (SSSR count). The molecule has 7 nitrogen and oxygen atoms in total. The van der Waals surface area contributed by atoms with E-state index in [1.54, 1.807) is 0 Å². The Morgan fingerprint density at radius 2 is 1.55 bits per heavy atom. The second-order valence-corrected chi connectivity index (χ2v) is 15.0. The Balaban J connectivity index is 0.000000192. The highest BCUT2D eigenvalue weighted by molar-refractivity contribution is 6.42. The number of unbranched alkanes of at least 4 members (excludes halogenated alkanes) is 2. The average molecular weight is 800 g/mol. The number of rotatable bonds is 10. The summed E-state index contributed by atoms with van der Waals surface area (Å²) < 4.78 is 30.5. The van der Waals surface area contributed by atoms with E-state index in [1.807, 2.05) is 43.4 Å². The van der Waals surface area contributed by atoms with Crippen LogP contribution in [-0.2, 0) is 0 Å². The van der Waals surface area contributed by atoms with Crippen molar-refractivity contribution in [3.05, 3.63) is 122 Å². The van der Waals surface area contributed by atoms with Crippen LogP contribution >= 0.6 is 23.2 Å². The fourth-order valence-corrected chi connectivity index (χ4v) is 7.84. The first-order valence-electron chi connectivity index (χ1n) is 19.4. The number of ether oxygens (including phenoxy) is 3. The van der Waals surface area contributed by atoms with Crippen molar-refractivity contribution in [3.63, 3.8) is 0 Å². The third-order valence-electron chi connectivity index (χ3n) is 10.5. The maximum Gasteiger partial charge on any atom is 0.231 e. The van der Waals surface area contributed by atoms with Gasteiger partial charge in [0.15, 0.2) is 11.5 Å². The maximum absolute atomic E-state index is 13.3. The summed E-state index contributed by atoms with van der Waals surface area (Å²) in [7, 11) is 2.01. The number of piperidine rings is 1. The lowest BCUT2D eigenvalue weighted by Gasteiger charge is -2.32. The van der Waals surface area contributed by atoms with Gasteiger partial charge < -0.3 is 35.1 Å². The molecule has 3 aliphatic rings. The van der Waals surface area contributed by atoms with Gasteiger partial charge in [0.25, 0.3) is 0 Å². The molecule has 0 spiro atoms. The monoisotopic (exact) mass is 798 g/mol. The normalized spacial score (nSPS) is 19.3. The van der Waals surface area contributed by atoms with E-state index < -0.39 is 0 Å². The van der Waals surface area contributed by atoms with E-state index in [9.17, 15) is 4.39 Å². The Labute approximate surface area is 339 Å². The summed E-state index contributed by atoms with van der Waals surface area (Å²) in [5.41, 5.74) is 6.76. The molecule has 294 valence electrons. The van der Waals surface area contributed by atoms with Crippen LogP contribution in [-0.4, -0.2) is 57.0 Å². The van der Waals surface area contributed by atoms with Gasteiger partial charge in [0.2, 0.25) is 6.79 Å². The molecule has 1 aliphatic carbocycles. The van der Waals surface area contributed by atoms with Crippen molar-refractivity contribution < 1.29 is 28.8 Å².